The quantitative estimate of drug-likeness (QED) is 0.340. The first-order valence-electron chi connectivity index (χ1n) is 9.23. The Hall–Kier alpha value is -2.88. The molecule has 31 heavy (non-hydrogen) atoms. The molecule has 0 bridgehead atoms. The lowest BCUT2D eigenvalue weighted by Crippen LogP contribution is -2.13. The predicted octanol–water partition coefficient (Wildman–Crippen LogP) is 5.46. The standard InChI is InChI=1S/C21H17ClN4O3S2/c1-13-19(14-7-3-2-4-8-14)24-20(31-13)23-17(27)12-30-21-26-25-18(29-21)11-28-16-10-6-5-9-15(16)22/h2-10H,11-12H2,1H3,(H,23,24,27). The van der Waals surface area contributed by atoms with Crippen molar-refractivity contribution < 1.29 is 13.9 Å². The Morgan fingerprint density at radius 2 is 1.94 bits per heavy atom. The van der Waals surface area contributed by atoms with Crippen molar-refractivity contribution in [2.24, 2.45) is 0 Å². The first-order chi connectivity index (χ1) is 15.1. The van der Waals surface area contributed by atoms with Crippen LogP contribution in [0.2, 0.25) is 5.02 Å². The van der Waals surface area contributed by atoms with Gasteiger partial charge in [-0.25, -0.2) is 4.98 Å². The Balaban J connectivity index is 1.28. The van der Waals surface area contributed by atoms with Gasteiger partial charge in [0.05, 0.1) is 16.5 Å². The number of hydrogen-bond acceptors (Lipinski definition) is 8. The third-order valence-electron chi connectivity index (χ3n) is 4.05. The third-order valence-corrected chi connectivity index (χ3v) is 6.07. The van der Waals surface area contributed by atoms with Crippen LogP contribution in [-0.4, -0.2) is 26.8 Å². The molecule has 7 nitrogen and oxygen atoms in total. The monoisotopic (exact) mass is 472 g/mol. The van der Waals surface area contributed by atoms with Gasteiger partial charge in [0.1, 0.15) is 5.75 Å². The van der Waals surface area contributed by atoms with Gasteiger partial charge in [0.2, 0.25) is 5.91 Å². The average molecular weight is 473 g/mol. The summed E-state index contributed by atoms with van der Waals surface area (Å²) in [6.07, 6.45) is 0. The number of rotatable bonds is 8. The fraction of sp³-hybridized carbons (Fsp3) is 0.143. The van der Waals surface area contributed by atoms with E-state index in [9.17, 15) is 4.79 Å². The van der Waals surface area contributed by atoms with E-state index in [0.717, 1.165) is 27.9 Å². The van der Waals surface area contributed by atoms with E-state index < -0.39 is 0 Å². The van der Waals surface area contributed by atoms with Gasteiger partial charge < -0.3 is 14.5 Å². The Bertz CT molecular complexity index is 1180. The number of thiazole rings is 1. The third kappa shape index (κ3) is 5.63. The lowest BCUT2D eigenvalue weighted by molar-refractivity contribution is -0.113. The molecule has 2 aromatic heterocycles. The lowest BCUT2D eigenvalue weighted by atomic mass is 10.1. The highest BCUT2D eigenvalue weighted by atomic mass is 35.5. The van der Waals surface area contributed by atoms with Gasteiger partial charge >= 0.3 is 0 Å². The number of ether oxygens (including phenoxy) is 1. The first kappa shape index (κ1) is 21.4. The second-order valence-electron chi connectivity index (χ2n) is 6.31. The molecule has 2 aromatic carbocycles. The van der Waals surface area contributed by atoms with Crippen LogP contribution in [0.3, 0.4) is 0 Å². The Morgan fingerprint density at radius 3 is 2.74 bits per heavy atom. The molecule has 0 spiro atoms. The van der Waals surface area contributed by atoms with E-state index in [4.69, 9.17) is 20.8 Å². The Morgan fingerprint density at radius 1 is 1.16 bits per heavy atom. The van der Waals surface area contributed by atoms with E-state index >= 15 is 0 Å². The normalized spacial score (nSPS) is 10.8. The molecule has 1 amide bonds. The first-order valence-corrected chi connectivity index (χ1v) is 11.4. The molecular formula is C21H17ClN4O3S2. The van der Waals surface area contributed by atoms with Gasteiger partial charge in [-0.15, -0.1) is 21.5 Å². The van der Waals surface area contributed by atoms with Crippen LogP contribution in [0.5, 0.6) is 5.75 Å². The molecule has 4 rings (SSSR count). The molecule has 2 heterocycles. The molecule has 0 fully saturated rings. The van der Waals surface area contributed by atoms with E-state index in [1.165, 1.54) is 11.3 Å². The number of nitrogens with zero attached hydrogens (tertiary/aromatic N) is 3. The summed E-state index contributed by atoms with van der Waals surface area (Å²) >= 11 is 8.63. The van der Waals surface area contributed by atoms with Crippen LogP contribution in [0.1, 0.15) is 10.8 Å². The lowest BCUT2D eigenvalue weighted by Gasteiger charge is -2.04. The van der Waals surface area contributed by atoms with Crippen LogP contribution in [0.4, 0.5) is 5.13 Å². The number of para-hydroxylation sites is 1. The van der Waals surface area contributed by atoms with E-state index in [1.807, 2.05) is 49.4 Å². The van der Waals surface area contributed by atoms with Gasteiger partial charge in [-0.2, -0.15) is 0 Å². The molecule has 0 atom stereocenters. The molecule has 4 aromatic rings. The van der Waals surface area contributed by atoms with Gasteiger partial charge in [0, 0.05) is 10.4 Å². The number of halogens is 1. The maximum absolute atomic E-state index is 12.3. The van der Waals surface area contributed by atoms with Gasteiger partial charge in [0.25, 0.3) is 11.1 Å². The minimum absolute atomic E-state index is 0.0874. The summed E-state index contributed by atoms with van der Waals surface area (Å²) in [6.45, 7) is 2.07. The number of thioether (sulfide) groups is 1. The minimum Gasteiger partial charge on any atom is -0.482 e. The molecule has 0 saturated carbocycles. The maximum atomic E-state index is 12.3. The van der Waals surface area contributed by atoms with Crippen LogP contribution in [0.15, 0.2) is 64.2 Å². The molecule has 1 N–H and O–H groups in total. The molecule has 0 aliphatic rings. The number of carbonyl (C=O) groups excluding carboxylic acids is 1. The SMILES string of the molecule is Cc1sc(NC(=O)CSc2nnc(COc3ccccc3Cl)o2)nc1-c1ccccc1. The van der Waals surface area contributed by atoms with Crippen molar-refractivity contribution in [3.05, 3.63) is 70.4 Å². The molecular weight excluding hydrogens is 456 g/mol. The second-order valence-corrected chi connectivity index (χ2v) is 8.84. The van der Waals surface area contributed by atoms with Crippen molar-refractivity contribution in [3.63, 3.8) is 0 Å². The summed E-state index contributed by atoms with van der Waals surface area (Å²) in [4.78, 5) is 17.9. The number of amides is 1. The second kappa shape index (κ2) is 9.95. The highest BCUT2D eigenvalue weighted by molar-refractivity contribution is 7.99. The number of anilines is 1. The molecule has 0 aliphatic carbocycles. The van der Waals surface area contributed by atoms with Crippen LogP contribution >= 0.6 is 34.7 Å². The van der Waals surface area contributed by atoms with Crippen molar-refractivity contribution in [2.75, 3.05) is 11.1 Å². The summed E-state index contributed by atoms with van der Waals surface area (Å²) in [5.74, 6) is 0.743. The topological polar surface area (TPSA) is 90.1 Å². The van der Waals surface area contributed by atoms with Crippen LogP contribution in [0.25, 0.3) is 11.3 Å². The number of carbonyl (C=O) groups is 1. The zero-order chi connectivity index (χ0) is 21.6. The van der Waals surface area contributed by atoms with Crippen molar-refractivity contribution >= 4 is 45.7 Å². The highest BCUT2D eigenvalue weighted by Crippen LogP contribution is 2.30. The highest BCUT2D eigenvalue weighted by Gasteiger charge is 2.14. The summed E-state index contributed by atoms with van der Waals surface area (Å²) < 4.78 is 11.1. The largest absolute Gasteiger partial charge is 0.482 e. The summed E-state index contributed by atoms with van der Waals surface area (Å²) in [5.41, 5.74) is 1.89. The molecule has 0 aliphatic heterocycles. The Kier molecular flexibility index (Phi) is 6.86. The molecule has 158 valence electrons. The van der Waals surface area contributed by atoms with Gasteiger partial charge in [-0.05, 0) is 19.1 Å². The van der Waals surface area contributed by atoms with E-state index in [2.05, 4.69) is 20.5 Å². The maximum Gasteiger partial charge on any atom is 0.277 e. The van der Waals surface area contributed by atoms with Crippen molar-refractivity contribution in [1.82, 2.24) is 15.2 Å². The Labute approximate surface area is 191 Å². The van der Waals surface area contributed by atoms with Crippen molar-refractivity contribution in [3.8, 4) is 17.0 Å². The molecule has 10 heteroatoms. The van der Waals surface area contributed by atoms with Crippen LogP contribution in [0, 0.1) is 6.92 Å². The summed E-state index contributed by atoms with van der Waals surface area (Å²) in [5, 5.41) is 12.0. The van der Waals surface area contributed by atoms with Gasteiger partial charge in [0.15, 0.2) is 11.7 Å². The van der Waals surface area contributed by atoms with Crippen LogP contribution < -0.4 is 10.1 Å². The van der Waals surface area contributed by atoms with Crippen LogP contribution in [-0.2, 0) is 11.4 Å². The van der Waals surface area contributed by atoms with Crippen molar-refractivity contribution in [2.45, 2.75) is 18.8 Å². The van der Waals surface area contributed by atoms with E-state index in [1.54, 1.807) is 12.1 Å². The molecule has 0 saturated heterocycles. The van der Waals surface area contributed by atoms with Gasteiger partial charge in [-0.1, -0.05) is 65.8 Å². The number of hydrogen-bond donors (Lipinski definition) is 1. The smallest absolute Gasteiger partial charge is 0.277 e. The number of nitrogens with one attached hydrogen (secondary N) is 1. The summed E-state index contributed by atoms with van der Waals surface area (Å²) in [7, 11) is 0. The summed E-state index contributed by atoms with van der Waals surface area (Å²) in [6, 6.07) is 17.0. The van der Waals surface area contributed by atoms with E-state index in [0.29, 0.717) is 21.8 Å². The van der Waals surface area contributed by atoms with Crippen molar-refractivity contribution in [1.29, 1.82) is 0 Å². The fourth-order valence-corrected chi connectivity index (χ4v) is 4.28. The zero-order valence-corrected chi connectivity index (χ0v) is 18.8. The molecule has 0 unspecified atom stereocenters. The van der Waals surface area contributed by atoms with Gasteiger partial charge in [-0.3, -0.25) is 4.79 Å². The average Bonchev–Trinajstić information content (AvgIpc) is 3.38. The minimum atomic E-state index is -0.203. The number of benzene rings is 2. The fourth-order valence-electron chi connectivity index (χ4n) is 2.65. The molecule has 0 radical (unpaired) electrons. The van der Waals surface area contributed by atoms with E-state index in [-0.39, 0.29) is 23.5 Å². The number of aromatic nitrogens is 3. The zero-order valence-electron chi connectivity index (χ0n) is 16.4. The number of aryl methyl sites for hydroxylation is 1. The predicted molar refractivity (Wildman–Crippen MR) is 122 cm³/mol.